The maximum Gasteiger partial charge on any atom is 0.0574 e. The number of fused-ring (bicyclic) bond motifs is 1. The van der Waals surface area contributed by atoms with Crippen molar-refractivity contribution < 1.29 is 0 Å². The summed E-state index contributed by atoms with van der Waals surface area (Å²) in [6, 6.07) is 2.73. The van der Waals surface area contributed by atoms with Crippen LogP contribution < -0.4 is 0 Å². The average Bonchev–Trinajstić information content (AvgIpc) is 2.37. The van der Waals surface area contributed by atoms with Gasteiger partial charge in [0, 0.05) is 11.9 Å². The molecule has 66 valence electrons. The highest BCUT2D eigenvalue weighted by Gasteiger charge is 2.32. The summed E-state index contributed by atoms with van der Waals surface area (Å²) in [6.45, 7) is 6.86. The molecule has 2 heterocycles. The van der Waals surface area contributed by atoms with E-state index < -0.39 is 0 Å². The van der Waals surface area contributed by atoms with Gasteiger partial charge in [-0.25, -0.2) is 0 Å². The van der Waals surface area contributed by atoms with E-state index in [9.17, 15) is 0 Å². The Morgan fingerprint density at radius 2 is 2.25 bits per heavy atom. The van der Waals surface area contributed by atoms with E-state index in [0.717, 1.165) is 0 Å². The molecule has 0 bridgehead atoms. The van der Waals surface area contributed by atoms with Gasteiger partial charge in [-0.3, -0.25) is 4.68 Å². The van der Waals surface area contributed by atoms with Crippen LogP contribution in [0.4, 0.5) is 0 Å². The first-order valence-electron chi connectivity index (χ1n) is 4.61. The van der Waals surface area contributed by atoms with Crippen LogP contribution in [0.3, 0.4) is 0 Å². The molecular weight excluding hydrogens is 148 g/mol. The summed E-state index contributed by atoms with van der Waals surface area (Å²) in [4.78, 5) is 0. The van der Waals surface area contributed by atoms with Crippen LogP contribution in [-0.2, 0) is 6.42 Å². The van der Waals surface area contributed by atoms with Crippen LogP contribution in [0.25, 0.3) is 0 Å². The van der Waals surface area contributed by atoms with E-state index in [2.05, 4.69) is 36.6 Å². The summed E-state index contributed by atoms with van der Waals surface area (Å²) in [7, 11) is 0. The summed E-state index contributed by atoms with van der Waals surface area (Å²) >= 11 is 0. The van der Waals surface area contributed by atoms with Crippen LogP contribution >= 0.6 is 0 Å². The van der Waals surface area contributed by atoms with Gasteiger partial charge in [-0.05, 0) is 24.3 Å². The zero-order valence-electron chi connectivity index (χ0n) is 8.04. The smallest absolute Gasteiger partial charge is 0.0574 e. The molecule has 2 rings (SSSR count). The molecule has 0 unspecified atom stereocenters. The van der Waals surface area contributed by atoms with E-state index >= 15 is 0 Å². The van der Waals surface area contributed by atoms with Crippen molar-refractivity contribution in [2.45, 2.75) is 39.7 Å². The molecule has 0 radical (unpaired) electrons. The summed E-state index contributed by atoms with van der Waals surface area (Å²) in [5.41, 5.74) is 1.74. The van der Waals surface area contributed by atoms with Crippen molar-refractivity contribution in [2.75, 3.05) is 0 Å². The number of rotatable bonds is 0. The maximum absolute atomic E-state index is 4.36. The van der Waals surface area contributed by atoms with Crippen LogP contribution in [0.2, 0.25) is 0 Å². The molecule has 0 amide bonds. The Bertz CT molecular complexity index is 280. The van der Waals surface area contributed by atoms with E-state index in [4.69, 9.17) is 0 Å². The Morgan fingerprint density at radius 3 is 2.92 bits per heavy atom. The Kier molecular flexibility index (Phi) is 1.53. The Balaban J connectivity index is 2.34. The third kappa shape index (κ3) is 1.06. The fourth-order valence-electron chi connectivity index (χ4n) is 2.03. The molecule has 0 spiro atoms. The van der Waals surface area contributed by atoms with E-state index in [0.29, 0.717) is 11.5 Å². The van der Waals surface area contributed by atoms with Gasteiger partial charge in [-0.15, -0.1) is 0 Å². The molecule has 1 aliphatic rings. The standard InChI is InChI=1S/C10H16N2/c1-10(2,3)9-5-4-8-6-7-11-12(8)9/h6-7,9H,4-5H2,1-3H3/t9-/m0/s1. The molecule has 0 N–H and O–H groups in total. The van der Waals surface area contributed by atoms with Crippen molar-refractivity contribution in [3.8, 4) is 0 Å². The van der Waals surface area contributed by atoms with Crippen LogP contribution in [-0.4, -0.2) is 9.78 Å². The highest BCUT2D eigenvalue weighted by Crippen LogP contribution is 2.38. The SMILES string of the molecule is CC(C)(C)[C@@H]1CCc2ccnn21. The second-order valence-corrected chi connectivity index (χ2v) is 4.69. The molecule has 1 aromatic rings. The first kappa shape index (κ1) is 7.84. The highest BCUT2D eigenvalue weighted by atomic mass is 15.3. The minimum atomic E-state index is 0.345. The van der Waals surface area contributed by atoms with Crippen molar-refractivity contribution in [2.24, 2.45) is 5.41 Å². The molecule has 1 atom stereocenters. The summed E-state index contributed by atoms with van der Waals surface area (Å²) in [5, 5.41) is 4.36. The molecule has 1 aromatic heterocycles. The number of aromatic nitrogens is 2. The van der Waals surface area contributed by atoms with Gasteiger partial charge in [0.05, 0.1) is 6.04 Å². The third-order valence-corrected chi connectivity index (χ3v) is 2.72. The second kappa shape index (κ2) is 2.35. The minimum Gasteiger partial charge on any atom is -0.266 e. The zero-order chi connectivity index (χ0) is 8.77. The van der Waals surface area contributed by atoms with E-state index in [-0.39, 0.29) is 0 Å². The van der Waals surface area contributed by atoms with Crippen LogP contribution in [0.5, 0.6) is 0 Å². The normalized spacial score (nSPS) is 22.8. The second-order valence-electron chi connectivity index (χ2n) is 4.69. The van der Waals surface area contributed by atoms with Crippen LogP contribution in [0.1, 0.15) is 38.9 Å². The van der Waals surface area contributed by atoms with Gasteiger partial charge in [-0.2, -0.15) is 5.10 Å². The number of hydrogen-bond donors (Lipinski definition) is 0. The monoisotopic (exact) mass is 164 g/mol. The Hall–Kier alpha value is -0.790. The lowest BCUT2D eigenvalue weighted by atomic mass is 9.86. The van der Waals surface area contributed by atoms with E-state index in [1.165, 1.54) is 18.5 Å². The van der Waals surface area contributed by atoms with Crippen molar-refractivity contribution in [1.82, 2.24) is 9.78 Å². The molecule has 0 aliphatic carbocycles. The lowest BCUT2D eigenvalue weighted by molar-refractivity contribution is 0.235. The Labute approximate surface area is 73.6 Å². The maximum atomic E-state index is 4.36. The summed E-state index contributed by atoms with van der Waals surface area (Å²) in [6.07, 6.45) is 4.36. The van der Waals surface area contributed by atoms with Gasteiger partial charge >= 0.3 is 0 Å². The fraction of sp³-hybridized carbons (Fsp3) is 0.700. The summed E-state index contributed by atoms with van der Waals surface area (Å²) < 4.78 is 2.19. The number of hydrogen-bond acceptors (Lipinski definition) is 1. The van der Waals surface area contributed by atoms with E-state index in [1.807, 2.05) is 6.20 Å². The predicted molar refractivity (Wildman–Crippen MR) is 49.0 cm³/mol. The number of aryl methyl sites for hydroxylation is 1. The molecular formula is C10H16N2. The molecule has 2 nitrogen and oxygen atoms in total. The van der Waals surface area contributed by atoms with Crippen LogP contribution in [0, 0.1) is 5.41 Å². The lowest BCUT2D eigenvalue weighted by Gasteiger charge is -2.27. The van der Waals surface area contributed by atoms with Crippen molar-refractivity contribution in [3.63, 3.8) is 0 Å². The van der Waals surface area contributed by atoms with Gasteiger partial charge in [0.1, 0.15) is 0 Å². The molecule has 1 aliphatic heterocycles. The molecule has 12 heavy (non-hydrogen) atoms. The predicted octanol–water partition coefficient (Wildman–Crippen LogP) is 2.42. The van der Waals surface area contributed by atoms with Gasteiger partial charge in [0.15, 0.2) is 0 Å². The van der Waals surface area contributed by atoms with Crippen molar-refractivity contribution in [1.29, 1.82) is 0 Å². The first-order valence-corrected chi connectivity index (χ1v) is 4.61. The molecule has 2 heteroatoms. The quantitative estimate of drug-likeness (QED) is 0.575. The first-order chi connectivity index (χ1) is 5.59. The molecule has 0 fully saturated rings. The van der Waals surface area contributed by atoms with Gasteiger partial charge in [0.2, 0.25) is 0 Å². The zero-order valence-corrected chi connectivity index (χ0v) is 8.04. The van der Waals surface area contributed by atoms with Crippen molar-refractivity contribution >= 4 is 0 Å². The molecule has 0 saturated carbocycles. The molecule has 0 aromatic carbocycles. The van der Waals surface area contributed by atoms with Crippen LogP contribution in [0.15, 0.2) is 12.3 Å². The van der Waals surface area contributed by atoms with Gasteiger partial charge in [0.25, 0.3) is 0 Å². The van der Waals surface area contributed by atoms with Gasteiger partial charge < -0.3 is 0 Å². The molecule has 0 saturated heterocycles. The highest BCUT2D eigenvalue weighted by molar-refractivity contribution is 5.08. The van der Waals surface area contributed by atoms with Gasteiger partial charge in [-0.1, -0.05) is 20.8 Å². The summed E-state index contributed by atoms with van der Waals surface area (Å²) in [5.74, 6) is 0. The van der Waals surface area contributed by atoms with E-state index in [1.54, 1.807) is 0 Å². The number of nitrogens with zero attached hydrogens (tertiary/aromatic N) is 2. The third-order valence-electron chi connectivity index (χ3n) is 2.72. The topological polar surface area (TPSA) is 17.8 Å². The van der Waals surface area contributed by atoms with Crippen molar-refractivity contribution in [3.05, 3.63) is 18.0 Å². The average molecular weight is 164 g/mol. The largest absolute Gasteiger partial charge is 0.266 e. The Morgan fingerprint density at radius 1 is 1.50 bits per heavy atom. The lowest BCUT2D eigenvalue weighted by Crippen LogP contribution is -2.22. The minimum absolute atomic E-state index is 0.345. The fourth-order valence-corrected chi connectivity index (χ4v) is 2.03.